The van der Waals surface area contributed by atoms with Gasteiger partial charge in [0.1, 0.15) is 5.82 Å². The quantitative estimate of drug-likeness (QED) is 0.766. The molecule has 3 heterocycles. The number of nitrogens with one attached hydrogen (secondary N) is 1. The molecule has 1 aromatic carbocycles. The van der Waals surface area contributed by atoms with Crippen LogP contribution in [0.5, 0.6) is 0 Å². The predicted octanol–water partition coefficient (Wildman–Crippen LogP) is 4.06. The fourth-order valence-electron chi connectivity index (χ4n) is 3.21. The Morgan fingerprint density at radius 1 is 1.12 bits per heavy atom. The van der Waals surface area contributed by atoms with Gasteiger partial charge >= 0.3 is 0 Å². The standard InChI is InChI=1S/C18H21ClN6/c1-12-6-7-13(10-15(12)19)21-18-22-16-14(11-20-24(16)2)17(23-18)25-8-4-3-5-9-25/h6-7,10-11H,3-5,8-9H2,1-2H3,(H,21,22,23). The minimum absolute atomic E-state index is 0.566. The van der Waals surface area contributed by atoms with Gasteiger partial charge in [-0.05, 0) is 43.9 Å². The molecule has 6 nitrogen and oxygen atoms in total. The van der Waals surface area contributed by atoms with Gasteiger partial charge < -0.3 is 10.2 Å². The first kappa shape index (κ1) is 16.1. The molecule has 1 fully saturated rings. The van der Waals surface area contributed by atoms with Crippen LogP contribution < -0.4 is 10.2 Å². The number of anilines is 3. The van der Waals surface area contributed by atoms with Crippen molar-refractivity contribution in [3.8, 4) is 0 Å². The number of fused-ring (bicyclic) bond motifs is 1. The lowest BCUT2D eigenvalue weighted by Gasteiger charge is -2.28. The first-order valence-corrected chi connectivity index (χ1v) is 8.97. The zero-order chi connectivity index (χ0) is 17.4. The minimum Gasteiger partial charge on any atom is -0.356 e. The van der Waals surface area contributed by atoms with Gasteiger partial charge in [-0.25, -0.2) is 0 Å². The molecular formula is C18H21ClN6. The van der Waals surface area contributed by atoms with E-state index in [1.54, 1.807) is 4.68 Å². The van der Waals surface area contributed by atoms with E-state index < -0.39 is 0 Å². The van der Waals surface area contributed by atoms with Gasteiger partial charge in [0.25, 0.3) is 0 Å². The van der Waals surface area contributed by atoms with Gasteiger partial charge in [0.15, 0.2) is 5.65 Å². The Morgan fingerprint density at radius 2 is 1.92 bits per heavy atom. The monoisotopic (exact) mass is 356 g/mol. The second-order valence-electron chi connectivity index (χ2n) is 6.51. The molecule has 0 radical (unpaired) electrons. The van der Waals surface area contributed by atoms with E-state index in [0.717, 1.165) is 46.2 Å². The average molecular weight is 357 g/mol. The molecule has 4 rings (SSSR count). The normalized spacial score (nSPS) is 14.9. The highest BCUT2D eigenvalue weighted by Crippen LogP contribution is 2.29. The summed E-state index contributed by atoms with van der Waals surface area (Å²) < 4.78 is 1.79. The van der Waals surface area contributed by atoms with Crippen LogP contribution in [-0.4, -0.2) is 32.8 Å². The summed E-state index contributed by atoms with van der Waals surface area (Å²) in [5.41, 5.74) is 2.75. The van der Waals surface area contributed by atoms with Crippen molar-refractivity contribution in [1.29, 1.82) is 0 Å². The Bertz CT molecular complexity index is 913. The molecule has 0 bridgehead atoms. The van der Waals surface area contributed by atoms with Crippen LogP contribution in [0, 0.1) is 6.92 Å². The number of hydrogen-bond acceptors (Lipinski definition) is 5. The smallest absolute Gasteiger partial charge is 0.231 e. The first-order valence-electron chi connectivity index (χ1n) is 8.60. The van der Waals surface area contributed by atoms with E-state index in [9.17, 15) is 0 Å². The minimum atomic E-state index is 0.566. The second-order valence-corrected chi connectivity index (χ2v) is 6.92. The van der Waals surface area contributed by atoms with Crippen molar-refractivity contribution in [2.75, 3.05) is 23.3 Å². The Labute approximate surface area is 151 Å². The van der Waals surface area contributed by atoms with Crippen molar-refractivity contribution in [3.63, 3.8) is 0 Å². The van der Waals surface area contributed by atoms with Gasteiger partial charge in [-0.3, -0.25) is 4.68 Å². The summed E-state index contributed by atoms with van der Waals surface area (Å²) in [4.78, 5) is 11.8. The van der Waals surface area contributed by atoms with E-state index in [0.29, 0.717) is 5.95 Å². The van der Waals surface area contributed by atoms with E-state index in [1.165, 1.54) is 19.3 Å². The number of hydrogen-bond donors (Lipinski definition) is 1. The van der Waals surface area contributed by atoms with Crippen molar-refractivity contribution in [2.24, 2.45) is 7.05 Å². The van der Waals surface area contributed by atoms with Gasteiger partial charge in [0.05, 0.1) is 11.6 Å². The van der Waals surface area contributed by atoms with Crippen LogP contribution >= 0.6 is 11.6 Å². The van der Waals surface area contributed by atoms with E-state index in [1.807, 2.05) is 38.4 Å². The summed E-state index contributed by atoms with van der Waals surface area (Å²) in [5, 5.41) is 9.37. The van der Waals surface area contributed by atoms with E-state index in [4.69, 9.17) is 16.6 Å². The molecule has 0 amide bonds. The van der Waals surface area contributed by atoms with Gasteiger partial charge in [0, 0.05) is 30.8 Å². The molecule has 1 aliphatic rings. The summed E-state index contributed by atoms with van der Waals surface area (Å²) in [6.45, 7) is 4.03. The molecule has 1 aliphatic heterocycles. The lowest BCUT2D eigenvalue weighted by Crippen LogP contribution is -2.30. The first-order chi connectivity index (χ1) is 12.1. The largest absolute Gasteiger partial charge is 0.356 e. The maximum absolute atomic E-state index is 6.23. The summed E-state index contributed by atoms with van der Waals surface area (Å²) in [7, 11) is 1.90. The molecule has 0 saturated carbocycles. The van der Waals surface area contributed by atoms with Crippen molar-refractivity contribution in [3.05, 3.63) is 35.0 Å². The average Bonchev–Trinajstić information content (AvgIpc) is 3.00. The van der Waals surface area contributed by atoms with Crippen molar-refractivity contribution < 1.29 is 0 Å². The van der Waals surface area contributed by atoms with Crippen LogP contribution in [0.25, 0.3) is 11.0 Å². The third kappa shape index (κ3) is 3.14. The maximum atomic E-state index is 6.23. The van der Waals surface area contributed by atoms with E-state index in [-0.39, 0.29) is 0 Å². The van der Waals surface area contributed by atoms with Crippen LogP contribution in [-0.2, 0) is 7.05 Å². The maximum Gasteiger partial charge on any atom is 0.231 e. The number of rotatable bonds is 3. The highest BCUT2D eigenvalue weighted by atomic mass is 35.5. The van der Waals surface area contributed by atoms with Gasteiger partial charge in [-0.2, -0.15) is 15.1 Å². The third-order valence-corrected chi connectivity index (χ3v) is 5.06. The van der Waals surface area contributed by atoms with Crippen LogP contribution in [0.3, 0.4) is 0 Å². The van der Waals surface area contributed by atoms with Crippen LogP contribution in [0.2, 0.25) is 5.02 Å². The highest BCUT2D eigenvalue weighted by molar-refractivity contribution is 6.31. The van der Waals surface area contributed by atoms with Gasteiger partial charge in [0.2, 0.25) is 5.95 Å². The zero-order valence-corrected chi connectivity index (χ0v) is 15.2. The summed E-state index contributed by atoms with van der Waals surface area (Å²) in [6, 6.07) is 5.87. The topological polar surface area (TPSA) is 58.9 Å². The molecule has 25 heavy (non-hydrogen) atoms. The summed E-state index contributed by atoms with van der Waals surface area (Å²) in [6.07, 6.45) is 5.53. The lowest BCUT2D eigenvalue weighted by molar-refractivity contribution is 0.575. The van der Waals surface area contributed by atoms with Gasteiger partial charge in [-0.15, -0.1) is 0 Å². The van der Waals surface area contributed by atoms with Crippen LogP contribution in [0.4, 0.5) is 17.5 Å². The van der Waals surface area contributed by atoms with Crippen molar-refractivity contribution in [1.82, 2.24) is 19.7 Å². The number of piperidine rings is 1. The Morgan fingerprint density at radius 3 is 2.68 bits per heavy atom. The molecule has 2 aromatic heterocycles. The molecule has 0 unspecified atom stereocenters. The number of benzene rings is 1. The lowest BCUT2D eigenvalue weighted by atomic mass is 10.1. The zero-order valence-electron chi connectivity index (χ0n) is 14.5. The summed E-state index contributed by atoms with van der Waals surface area (Å²) >= 11 is 6.23. The molecule has 7 heteroatoms. The van der Waals surface area contributed by atoms with Crippen molar-refractivity contribution in [2.45, 2.75) is 26.2 Å². The van der Waals surface area contributed by atoms with Crippen LogP contribution in [0.15, 0.2) is 24.4 Å². The highest BCUT2D eigenvalue weighted by Gasteiger charge is 2.19. The van der Waals surface area contributed by atoms with Crippen LogP contribution in [0.1, 0.15) is 24.8 Å². The molecule has 3 aromatic rings. The van der Waals surface area contributed by atoms with Crippen molar-refractivity contribution >= 4 is 40.1 Å². The molecule has 130 valence electrons. The SMILES string of the molecule is Cc1ccc(Nc2nc(N3CCCCC3)c3cnn(C)c3n2)cc1Cl. The third-order valence-electron chi connectivity index (χ3n) is 4.66. The second kappa shape index (κ2) is 6.52. The predicted molar refractivity (Wildman–Crippen MR) is 102 cm³/mol. The van der Waals surface area contributed by atoms with Gasteiger partial charge in [-0.1, -0.05) is 17.7 Å². The van der Waals surface area contributed by atoms with E-state index in [2.05, 4.69) is 20.3 Å². The molecule has 1 saturated heterocycles. The molecule has 0 aliphatic carbocycles. The molecule has 0 atom stereocenters. The molecule has 0 spiro atoms. The summed E-state index contributed by atoms with van der Waals surface area (Å²) in [5.74, 6) is 1.52. The van der Waals surface area contributed by atoms with E-state index >= 15 is 0 Å². The molecular weight excluding hydrogens is 336 g/mol. The fourth-order valence-corrected chi connectivity index (χ4v) is 3.39. The number of aryl methyl sites for hydroxylation is 2. The Balaban J connectivity index is 1.75. The number of nitrogens with zero attached hydrogens (tertiary/aromatic N) is 5. The molecule has 1 N–H and O–H groups in total. The Kier molecular flexibility index (Phi) is 4.21. The fraction of sp³-hybridized carbons (Fsp3) is 0.389. The Hall–Kier alpha value is -2.34. The number of aromatic nitrogens is 4. The number of halogens is 1.